The van der Waals surface area contributed by atoms with E-state index in [2.05, 4.69) is 20.4 Å². The molecule has 7 heteroatoms. The van der Waals surface area contributed by atoms with Gasteiger partial charge < -0.3 is 5.73 Å². The molecule has 2 aromatic rings. The van der Waals surface area contributed by atoms with Gasteiger partial charge in [-0.2, -0.15) is 4.99 Å². The molecule has 0 radical (unpaired) electrons. The van der Waals surface area contributed by atoms with Gasteiger partial charge in [-0.3, -0.25) is 10.4 Å². The fourth-order valence-electron chi connectivity index (χ4n) is 1.46. The van der Waals surface area contributed by atoms with E-state index in [9.17, 15) is 0 Å². The van der Waals surface area contributed by atoms with Crippen LogP contribution in [0.4, 0.5) is 5.13 Å². The van der Waals surface area contributed by atoms with E-state index in [-0.39, 0.29) is 5.96 Å². The lowest BCUT2D eigenvalue weighted by Crippen LogP contribution is -2.36. The zero-order valence-electron chi connectivity index (χ0n) is 10.1. The van der Waals surface area contributed by atoms with Gasteiger partial charge in [0.15, 0.2) is 0 Å². The summed E-state index contributed by atoms with van der Waals surface area (Å²) in [4.78, 5) is 13.7. The van der Waals surface area contributed by atoms with Crippen LogP contribution < -0.4 is 17.0 Å². The number of aliphatic imine (C=N–C) groups is 1. The molecule has 0 aliphatic heterocycles. The van der Waals surface area contributed by atoms with Crippen molar-refractivity contribution in [2.75, 3.05) is 0 Å². The van der Waals surface area contributed by atoms with Crippen molar-refractivity contribution in [1.29, 1.82) is 0 Å². The third kappa shape index (κ3) is 2.63. The van der Waals surface area contributed by atoms with Crippen LogP contribution in [0.1, 0.15) is 11.3 Å². The average molecular weight is 262 g/mol. The first kappa shape index (κ1) is 12.5. The summed E-state index contributed by atoms with van der Waals surface area (Å²) in [5.74, 6) is 5.29. The van der Waals surface area contributed by atoms with Crippen LogP contribution in [-0.4, -0.2) is 15.9 Å². The van der Waals surface area contributed by atoms with Crippen LogP contribution in [0, 0.1) is 13.8 Å². The Morgan fingerprint density at radius 3 is 2.89 bits per heavy atom. The van der Waals surface area contributed by atoms with Crippen molar-refractivity contribution in [3.63, 3.8) is 0 Å². The van der Waals surface area contributed by atoms with Crippen LogP contribution in [0.3, 0.4) is 0 Å². The quantitative estimate of drug-likeness (QED) is 0.327. The van der Waals surface area contributed by atoms with Crippen LogP contribution in [0.2, 0.25) is 0 Å². The molecule has 2 aromatic heterocycles. The van der Waals surface area contributed by atoms with Gasteiger partial charge in [0.05, 0.1) is 16.3 Å². The highest BCUT2D eigenvalue weighted by Crippen LogP contribution is 2.33. The molecule has 0 spiro atoms. The smallest absolute Gasteiger partial charge is 0.213 e. The molecule has 0 aliphatic carbocycles. The summed E-state index contributed by atoms with van der Waals surface area (Å²) in [6, 6.07) is 3.97. The van der Waals surface area contributed by atoms with Crippen molar-refractivity contribution in [3.8, 4) is 10.6 Å². The number of hydrogen-bond acceptors (Lipinski definition) is 5. The summed E-state index contributed by atoms with van der Waals surface area (Å²) in [5.41, 5.74) is 10.7. The summed E-state index contributed by atoms with van der Waals surface area (Å²) in [6.07, 6.45) is 1.78. The monoisotopic (exact) mass is 262 g/mol. The van der Waals surface area contributed by atoms with E-state index >= 15 is 0 Å². The third-order valence-electron chi connectivity index (χ3n) is 2.30. The molecule has 0 aromatic carbocycles. The van der Waals surface area contributed by atoms with Gasteiger partial charge >= 0.3 is 0 Å². The number of aryl methyl sites for hydroxylation is 2. The maximum absolute atomic E-state index is 5.49. The minimum absolute atomic E-state index is 0.132. The zero-order chi connectivity index (χ0) is 13.1. The summed E-state index contributed by atoms with van der Waals surface area (Å²) in [5, 5.41) is 0.557. The molecule has 5 N–H and O–H groups in total. The van der Waals surface area contributed by atoms with Crippen molar-refractivity contribution in [1.82, 2.24) is 15.4 Å². The Hall–Kier alpha value is -1.99. The lowest BCUT2D eigenvalue weighted by atomic mass is 10.2. The highest BCUT2D eigenvalue weighted by atomic mass is 32.1. The van der Waals surface area contributed by atoms with Crippen LogP contribution in [-0.2, 0) is 0 Å². The number of pyridine rings is 1. The Morgan fingerprint density at radius 2 is 2.22 bits per heavy atom. The van der Waals surface area contributed by atoms with E-state index in [0.29, 0.717) is 5.13 Å². The van der Waals surface area contributed by atoms with Crippen LogP contribution in [0.5, 0.6) is 0 Å². The number of guanidine groups is 1. The second-order valence-electron chi connectivity index (χ2n) is 3.77. The number of thiazole rings is 1. The number of aromatic nitrogens is 2. The van der Waals surface area contributed by atoms with Gasteiger partial charge in [-0.25, -0.2) is 10.8 Å². The van der Waals surface area contributed by atoms with Crippen molar-refractivity contribution < 1.29 is 0 Å². The molecule has 6 nitrogen and oxygen atoms in total. The van der Waals surface area contributed by atoms with E-state index in [1.165, 1.54) is 11.3 Å². The SMILES string of the molecule is Cc1ccnc(-c2sc(/N=C(\N)NN)nc2C)c1. The Morgan fingerprint density at radius 1 is 1.44 bits per heavy atom. The molecule has 2 heterocycles. The molecule has 0 saturated carbocycles. The summed E-state index contributed by atoms with van der Waals surface area (Å²) >= 11 is 1.43. The molecular weight excluding hydrogens is 248 g/mol. The van der Waals surface area contributed by atoms with Crippen LogP contribution in [0.15, 0.2) is 23.3 Å². The summed E-state index contributed by atoms with van der Waals surface area (Å²) in [6.45, 7) is 3.94. The second-order valence-corrected chi connectivity index (χ2v) is 4.75. The predicted octanol–water partition coefficient (Wildman–Crippen LogP) is 1.23. The normalized spacial score (nSPS) is 11.6. The first-order valence-electron chi connectivity index (χ1n) is 5.31. The fraction of sp³-hybridized carbons (Fsp3) is 0.182. The number of rotatable bonds is 2. The van der Waals surface area contributed by atoms with Gasteiger partial charge in [0.1, 0.15) is 0 Å². The topological polar surface area (TPSA) is 102 Å². The lowest BCUT2D eigenvalue weighted by molar-refractivity contribution is 1.01. The van der Waals surface area contributed by atoms with Crippen molar-refractivity contribution in [2.45, 2.75) is 13.8 Å². The zero-order valence-corrected chi connectivity index (χ0v) is 11.0. The Labute approximate surface area is 109 Å². The van der Waals surface area contributed by atoms with Crippen molar-refractivity contribution in [3.05, 3.63) is 29.6 Å². The maximum Gasteiger partial charge on any atom is 0.213 e. The number of nitrogens with two attached hydrogens (primary N) is 2. The van der Waals surface area contributed by atoms with Crippen molar-refractivity contribution in [2.24, 2.45) is 16.6 Å². The lowest BCUT2D eigenvalue weighted by Gasteiger charge is -1.98. The highest BCUT2D eigenvalue weighted by Gasteiger charge is 2.10. The predicted molar refractivity (Wildman–Crippen MR) is 73.4 cm³/mol. The molecule has 0 unspecified atom stereocenters. The van der Waals surface area contributed by atoms with E-state index in [0.717, 1.165) is 21.8 Å². The molecule has 0 bridgehead atoms. The third-order valence-corrected chi connectivity index (χ3v) is 3.37. The Balaban J connectivity index is 2.41. The largest absolute Gasteiger partial charge is 0.369 e. The molecular formula is C11H14N6S. The average Bonchev–Trinajstić information content (AvgIpc) is 2.70. The Kier molecular flexibility index (Phi) is 3.54. The molecule has 2 rings (SSSR count). The van der Waals surface area contributed by atoms with Gasteiger partial charge in [-0.05, 0) is 31.5 Å². The minimum Gasteiger partial charge on any atom is -0.369 e. The second kappa shape index (κ2) is 5.11. The standard InChI is InChI=1S/C11H14N6S/c1-6-3-4-14-8(5-6)9-7(2)15-11(18-9)16-10(12)17-13/h3-5H,13H2,1-2H3,(H3,12,15,16,17). The van der Waals surface area contributed by atoms with Gasteiger partial charge in [0.25, 0.3) is 0 Å². The molecule has 0 amide bonds. The van der Waals surface area contributed by atoms with E-state index < -0.39 is 0 Å². The summed E-state index contributed by atoms with van der Waals surface area (Å²) in [7, 11) is 0. The molecule has 0 aliphatic rings. The fourth-order valence-corrected chi connectivity index (χ4v) is 2.38. The van der Waals surface area contributed by atoms with Gasteiger partial charge in [0.2, 0.25) is 11.1 Å². The van der Waals surface area contributed by atoms with Gasteiger partial charge in [-0.1, -0.05) is 11.3 Å². The van der Waals surface area contributed by atoms with Gasteiger partial charge in [-0.15, -0.1) is 0 Å². The summed E-state index contributed by atoms with van der Waals surface area (Å²) < 4.78 is 0. The molecule has 18 heavy (non-hydrogen) atoms. The number of nitrogens with zero attached hydrogens (tertiary/aromatic N) is 3. The van der Waals surface area contributed by atoms with Crippen LogP contribution in [0.25, 0.3) is 10.6 Å². The number of nitrogens with one attached hydrogen (secondary N) is 1. The molecule has 94 valence electrons. The highest BCUT2D eigenvalue weighted by molar-refractivity contribution is 7.18. The van der Waals surface area contributed by atoms with Crippen LogP contribution >= 0.6 is 11.3 Å². The first-order valence-corrected chi connectivity index (χ1v) is 6.13. The van der Waals surface area contributed by atoms with E-state index in [4.69, 9.17) is 11.6 Å². The maximum atomic E-state index is 5.49. The molecule has 0 saturated heterocycles. The number of hydrogen-bond donors (Lipinski definition) is 3. The van der Waals surface area contributed by atoms with Gasteiger partial charge in [0, 0.05) is 6.20 Å². The first-order chi connectivity index (χ1) is 8.60. The number of hydrazine groups is 1. The van der Waals surface area contributed by atoms with Crippen molar-refractivity contribution >= 4 is 22.4 Å². The van der Waals surface area contributed by atoms with E-state index in [1.807, 2.05) is 26.0 Å². The Bertz CT molecular complexity index is 589. The molecule has 0 atom stereocenters. The van der Waals surface area contributed by atoms with E-state index in [1.54, 1.807) is 6.20 Å². The molecule has 0 fully saturated rings. The minimum atomic E-state index is 0.132.